The Morgan fingerprint density at radius 3 is 1.86 bits per heavy atom. The van der Waals surface area contributed by atoms with Crippen LogP contribution in [0.3, 0.4) is 0 Å². The monoisotopic (exact) mass is 386 g/mol. The van der Waals surface area contributed by atoms with Crippen molar-refractivity contribution >= 4 is 5.78 Å². The number of carbonyl (C=O) groups excluding carboxylic acids is 1. The van der Waals surface area contributed by atoms with Crippen molar-refractivity contribution in [2.24, 2.45) is 11.3 Å². The Morgan fingerprint density at radius 2 is 1.43 bits per heavy atom. The topological polar surface area (TPSA) is 67.2 Å². The van der Waals surface area contributed by atoms with E-state index in [9.17, 15) is 4.79 Å². The Morgan fingerprint density at radius 1 is 0.929 bits per heavy atom. The van der Waals surface area contributed by atoms with Gasteiger partial charge in [0.1, 0.15) is 0 Å². The molecule has 4 fully saturated rings. The summed E-state index contributed by atoms with van der Waals surface area (Å²) < 4.78 is 22.5. The maximum absolute atomic E-state index is 13.9. The number of Topliss-reactive ketones (excluding diaryl/α,β-unsaturated/α-hetero) is 1. The van der Waals surface area contributed by atoms with E-state index in [0.717, 1.165) is 63.2 Å². The van der Waals surface area contributed by atoms with Crippen LogP contribution in [0, 0.1) is 25.2 Å². The minimum absolute atomic E-state index is 0.0843. The van der Waals surface area contributed by atoms with Crippen molar-refractivity contribution in [1.82, 2.24) is 0 Å². The van der Waals surface area contributed by atoms with Crippen LogP contribution in [0.15, 0.2) is 18.2 Å². The Balaban J connectivity index is 1.50. The number of benzene rings is 1. The van der Waals surface area contributed by atoms with Crippen molar-refractivity contribution in [1.29, 1.82) is 0 Å². The van der Waals surface area contributed by atoms with Crippen molar-refractivity contribution in [3.63, 3.8) is 0 Å². The first-order valence-electron chi connectivity index (χ1n) is 10.6. The Bertz CT molecular complexity index is 707. The van der Waals surface area contributed by atoms with E-state index in [1.807, 2.05) is 19.1 Å². The minimum Gasteiger partial charge on any atom is -0.373 e. The molecule has 0 radical (unpaired) electrons. The van der Waals surface area contributed by atoms with Crippen LogP contribution in [0.25, 0.3) is 0 Å². The van der Waals surface area contributed by atoms with Crippen molar-refractivity contribution in [3.05, 3.63) is 34.9 Å². The molecule has 0 spiro atoms. The summed E-state index contributed by atoms with van der Waals surface area (Å²) in [4.78, 5) is 13.9. The molecule has 4 heterocycles. The van der Waals surface area contributed by atoms with E-state index in [4.69, 9.17) is 18.9 Å². The molecule has 5 atom stereocenters. The van der Waals surface area contributed by atoms with Gasteiger partial charge >= 0.3 is 0 Å². The van der Waals surface area contributed by atoms with Gasteiger partial charge in [-0.05, 0) is 50.5 Å². The minimum atomic E-state index is -0.149. The first-order chi connectivity index (χ1) is 13.5. The quantitative estimate of drug-likeness (QED) is 0.431. The molecule has 5 rings (SSSR count). The number of ether oxygens (including phenoxy) is 4. The normalized spacial score (nSPS) is 33.1. The smallest absolute Gasteiger partial charge is 0.166 e. The van der Waals surface area contributed by atoms with Crippen LogP contribution in [0.4, 0.5) is 0 Å². The molecular formula is C23H30O5. The molecule has 5 nitrogen and oxygen atoms in total. The van der Waals surface area contributed by atoms with Crippen LogP contribution in [0.1, 0.15) is 47.2 Å². The lowest BCUT2D eigenvalue weighted by atomic mass is 9.62. The van der Waals surface area contributed by atoms with E-state index in [-0.39, 0.29) is 41.5 Å². The van der Waals surface area contributed by atoms with Gasteiger partial charge in [-0.1, -0.05) is 23.8 Å². The fourth-order valence-corrected chi connectivity index (χ4v) is 4.97. The fourth-order valence-electron chi connectivity index (χ4n) is 4.97. The van der Waals surface area contributed by atoms with E-state index in [2.05, 4.69) is 13.0 Å². The summed E-state index contributed by atoms with van der Waals surface area (Å²) in [6, 6.07) is 6.16. The lowest BCUT2D eigenvalue weighted by Gasteiger charge is -2.40. The van der Waals surface area contributed by atoms with Gasteiger partial charge in [-0.3, -0.25) is 4.79 Å². The molecule has 0 amide bonds. The maximum atomic E-state index is 13.9. The van der Waals surface area contributed by atoms with Gasteiger partial charge in [0, 0.05) is 11.5 Å². The first-order valence-corrected chi connectivity index (χ1v) is 10.6. The zero-order chi connectivity index (χ0) is 19.3. The molecular weight excluding hydrogens is 356 g/mol. The molecule has 1 aromatic carbocycles. The second-order valence-corrected chi connectivity index (χ2v) is 9.27. The van der Waals surface area contributed by atoms with Crippen molar-refractivity contribution in [2.75, 3.05) is 26.4 Å². The number of ketones is 1. The number of carbonyl (C=O) groups is 1. The number of hydrogen-bond acceptors (Lipinski definition) is 5. The summed E-state index contributed by atoms with van der Waals surface area (Å²) in [5, 5.41) is 0. The second-order valence-electron chi connectivity index (χ2n) is 9.27. The molecule has 5 heteroatoms. The highest BCUT2D eigenvalue weighted by Gasteiger charge is 2.53. The summed E-state index contributed by atoms with van der Waals surface area (Å²) in [7, 11) is 0. The molecule has 28 heavy (non-hydrogen) atoms. The molecule has 0 aromatic heterocycles. The average molecular weight is 386 g/mol. The van der Waals surface area contributed by atoms with Crippen LogP contribution in [0.2, 0.25) is 0 Å². The van der Waals surface area contributed by atoms with Gasteiger partial charge in [0.25, 0.3) is 0 Å². The largest absolute Gasteiger partial charge is 0.373 e. The highest BCUT2D eigenvalue weighted by Crippen LogP contribution is 2.52. The van der Waals surface area contributed by atoms with E-state index in [1.165, 1.54) is 5.56 Å². The lowest BCUT2D eigenvalue weighted by molar-refractivity contribution is 0.0494. The summed E-state index contributed by atoms with van der Waals surface area (Å²) >= 11 is 0. The highest BCUT2D eigenvalue weighted by molar-refractivity contribution is 5.99. The van der Waals surface area contributed by atoms with Crippen molar-refractivity contribution < 1.29 is 23.7 Å². The standard InChI is InChI=1S/C23H30O5/c1-14-3-4-20(15(2)5-14)22(24)21(6-16-10-25-16)23(7-17-11-26-17,8-18-12-27-18)9-19-13-28-19/h3-5,16-19,21H,6-13H2,1-2H3. The molecule has 0 N–H and O–H groups in total. The van der Waals surface area contributed by atoms with E-state index < -0.39 is 0 Å². The number of hydrogen-bond donors (Lipinski definition) is 0. The SMILES string of the molecule is Cc1ccc(C(=O)C(CC2CO2)C(CC2CO2)(CC2CO2)CC2CO2)c(C)c1. The summed E-state index contributed by atoms with van der Waals surface area (Å²) in [6.45, 7) is 7.31. The summed E-state index contributed by atoms with van der Waals surface area (Å²) in [5.74, 6) is 0.175. The van der Waals surface area contributed by atoms with Gasteiger partial charge in [-0.2, -0.15) is 0 Å². The molecule has 4 aliphatic rings. The molecule has 5 unspecified atom stereocenters. The van der Waals surface area contributed by atoms with E-state index in [1.54, 1.807) is 0 Å². The maximum Gasteiger partial charge on any atom is 0.166 e. The van der Waals surface area contributed by atoms with Crippen molar-refractivity contribution in [2.45, 2.75) is 63.9 Å². The zero-order valence-electron chi connectivity index (χ0n) is 16.8. The molecule has 0 aliphatic carbocycles. The fraction of sp³-hybridized carbons (Fsp3) is 0.696. The van der Waals surface area contributed by atoms with Crippen LogP contribution in [-0.2, 0) is 18.9 Å². The molecule has 0 saturated carbocycles. The summed E-state index contributed by atoms with van der Waals surface area (Å²) in [6.07, 6.45) is 4.56. The molecule has 0 bridgehead atoms. The first kappa shape index (κ1) is 18.7. The predicted molar refractivity (Wildman–Crippen MR) is 104 cm³/mol. The van der Waals surface area contributed by atoms with Gasteiger partial charge < -0.3 is 18.9 Å². The molecule has 152 valence electrons. The Labute approximate surface area is 166 Å². The van der Waals surface area contributed by atoms with Gasteiger partial charge in [0.2, 0.25) is 0 Å². The molecule has 4 aliphatic heterocycles. The van der Waals surface area contributed by atoms with E-state index >= 15 is 0 Å². The van der Waals surface area contributed by atoms with Gasteiger partial charge in [0.05, 0.1) is 50.8 Å². The van der Waals surface area contributed by atoms with Crippen LogP contribution in [0.5, 0.6) is 0 Å². The third-order valence-corrected chi connectivity index (χ3v) is 6.71. The zero-order valence-corrected chi connectivity index (χ0v) is 16.8. The average Bonchev–Trinajstić information content (AvgIpc) is 3.49. The third kappa shape index (κ3) is 4.33. The van der Waals surface area contributed by atoms with Gasteiger partial charge in [0.15, 0.2) is 5.78 Å². The third-order valence-electron chi connectivity index (χ3n) is 6.71. The lowest BCUT2D eigenvalue weighted by Crippen LogP contribution is -2.41. The van der Waals surface area contributed by atoms with E-state index in [0.29, 0.717) is 0 Å². The number of rotatable bonds is 11. The Kier molecular flexibility index (Phi) is 4.82. The molecule has 1 aromatic rings. The van der Waals surface area contributed by atoms with Crippen LogP contribution < -0.4 is 0 Å². The number of aryl methyl sites for hydroxylation is 2. The predicted octanol–water partition coefficient (Wildman–Crippen LogP) is 3.24. The number of epoxide rings is 4. The van der Waals surface area contributed by atoms with Crippen molar-refractivity contribution in [3.8, 4) is 0 Å². The van der Waals surface area contributed by atoms with Gasteiger partial charge in [-0.25, -0.2) is 0 Å². The molecule has 4 saturated heterocycles. The van der Waals surface area contributed by atoms with Crippen LogP contribution >= 0.6 is 0 Å². The Hall–Kier alpha value is -1.27. The summed E-state index contributed by atoms with van der Waals surface area (Å²) in [5.41, 5.74) is 2.95. The second kappa shape index (κ2) is 7.21. The van der Waals surface area contributed by atoms with Gasteiger partial charge in [-0.15, -0.1) is 0 Å². The highest BCUT2D eigenvalue weighted by atomic mass is 16.6. The van der Waals surface area contributed by atoms with Crippen LogP contribution in [-0.4, -0.2) is 56.6 Å².